The second-order valence-electron chi connectivity index (χ2n) is 14.0. The van der Waals surface area contributed by atoms with Gasteiger partial charge in [0.05, 0.1) is 45.1 Å². The van der Waals surface area contributed by atoms with Crippen LogP contribution in [0.15, 0.2) is 147 Å². The van der Waals surface area contributed by atoms with Crippen LogP contribution in [-0.2, 0) is 41.8 Å². The Morgan fingerprint density at radius 2 is 1.15 bits per heavy atom. The molecule has 0 N–H and O–H groups in total. The fourth-order valence-electron chi connectivity index (χ4n) is 7.76. The van der Waals surface area contributed by atoms with E-state index < -0.39 is 0 Å². The van der Waals surface area contributed by atoms with Crippen LogP contribution in [0.4, 0.5) is 0 Å². The van der Waals surface area contributed by atoms with Gasteiger partial charge in [0.1, 0.15) is 0 Å². The highest BCUT2D eigenvalue weighted by Gasteiger charge is 2.53. The third-order valence-electron chi connectivity index (χ3n) is 10.5. The number of carbonyl (C=O) groups excluding carboxylic acids is 2. The van der Waals surface area contributed by atoms with Crippen molar-refractivity contribution in [1.29, 1.82) is 0 Å². The summed E-state index contributed by atoms with van der Waals surface area (Å²) in [6.45, 7) is 11.7. The zero-order chi connectivity index (χ0) is 38.4. The minimum Gasteiger partial charge on any atom is -0.377 e. The van der Waals surface area contributed by atoms with E-state index in [2.05, 4.69) is 47.9 Å². The Hall–Kier alpha value is -4.13. The Bertz CT molecular complexity index is 1800. The van der Waals surface area contributed by atoms with Gasteiger partial charge in [-0.25, -0.2) is 0 Å². The second kappa shape index (κ2) is 20.7. The topological polar surface area (TPSA) is 77.5 Å². The van der Waals surface area contributed by atoms with E-state index in [9.17, 15) is 9.59 Å². The van der Waals surface area contributed by atoms with Crippen LogP contribution in [0.3, 0.4) is 0 Å². The molecule has 9 heteroatoms. The molecule has 288 valence electrons. The lowest BCUT2D eigenvalue weighted by Crippen LogP contribution is -2.32. The number of hydrogen-bond acceptors (Lipinski definition) is 6. The van der Waals surface area contributed by atoms with E-state index in [-0.39, 0.29) is 54.1 Å². The van der Waals surface area contributed by atoms with E-state index in [1.165, 1.54) is 5.56 Å². The predicted molar refractivity (Wildman–Crippen MR) is 223 cm³/mol. The van der Waals surface area contributed by atoms with Crippen molar-refractivity contribution in [2.45, 2.75) is 50.6 Å². The molecule has 4 aliphatic heterocycles. The van der Waals surface area contributed by atoms with Crippen molar-refractivity contribution in [3.05, 3.63) is 169 Å². The van der Waals surface area contributed by atoms with Gasteiger partial charge in [-0.15, -0.1) is 13.2 Å². The molecule has 55 heavy (non-hydrogen) atoms. The molecular weight excluding hydrogens is 803 g/mol. The van der Waals surface area contributed by atoms with Crippen molar-refractivity contribution in [2.24, 2.45) is 17.8 Å². The molecule has 8 rings (SSSR count). The summed E-state index contributed by atoms with van der Waals surface area (Å²) in [5, 5.41) is 0. The molecule has 4 aromatic carbocycles. The van der Waals surface area contributed by atoms with E-state index >= 15 is 0 Å². The number of ether oxygens (including phenoxy) is 4. The molecule has 4 aliphatic rings. The van der Waals surface area contributed by atoms with Crippen molar-refractivity contribution in [1.82, 2.24) is 9.80 Å². The maximum absolute atomic E-state index is 13.1. The van der Waals surface area contributed by atoms with Gasteiger partial charge in [-0.3, -0.25) is 9.59 Å². The van der Waals surface area contributed by atoms with Crippen LogP contribution in [-0.4, -0.2) is 64.6 Å². The Balaban J connectivity index is 0.000000156. The van der Waals surface area contributed by atoms with Gasteiger partial charge in [-0.05, 0) is 17.5 Å². The number of alkyl halides is 1. The molecule has 0 unspecified atom stereocenters. The van der Waals surface area contributed by atoms with Crippen molar-refractivity contribution in [3.63, 3.8) is 0 Å². The van der Waals surface area contributed by atoms with Gasteiger partial charge in [0, 0.05) is 46.3 Å². The first kappa shape index (κ1) is 40.5. The quantitative estimate of drug-likeness (QED) is 0.0580. The highest BCUT2D eigenvalue weighted by Crippen LogP contribution is 2.44. The first-order valence-corrected chi connectivity index (χ1v) is 20.6. The highest BCUT2D eigenvalue weighted by molar-refractivity contribution is 14.1. The predicted octanol–water partition coefficient (Wildman–Crippen LogP) is 8.71. The molecule has 0 saturated carbocycles. The summed E-state index contributed by atoms with van der Waals surface area (Å²) in [4.78, 5) is 29.0. The summed E-state index contributed by atoms with van der Waals surface area (Å²) in [5.41, 5.74) is 4.47. The molecular formula is C46H51IN2O6. The van der Waals surface area contributed by atoms with Crippen LogP contribution in [0.5, 0.6) is 0 Å². The highest BCUT2D eigenvalue weighted by atomic mass is 127. The van der Waals surface area contributed by atoms with Crippen LogP contribution in [0.2, 0.25) is 0 Å². The molecule has 4 saturated heterocycles. The van der Waals surface area contributed by atoms with E-state index in [0.717, 1.165) is 34.3 Å². The van der Waals surface area contributed by atoms with Crippen molar-refractivity contribution in [2.75, 3.05) is 30.9 Å². The van der Waals surface area contributed by atoms with Crippen molar-refractivity contribution < 1.29 is 28.5 Å². The summed E-state index contributed by atoms with van der Waals surface area (Å²) < 4.78 is 24.0. The van der Waals surface area contributed by atoms with Crippen LogP contribution in [0, 0.1) is 17.8 Å². The van der Waals surface area contributed by atoms with Crippen molar-refractivity contribution in [3.8, 4) is 0 Å². The molecule has 0 aromatic heterocycles. The summed E-state index contributed by atoms with van der Waals surface area (Å²) >= 11 is 2.31. The second-order valence-corrected chi connectivity index (χ2v) is 15.0. The Morgan fingerprint density at radius 1 is 0.655 bits per heavy atom. The first-order valence-electron chi connectivity index (χ1n) is 19.0. The molecule has 8 nitrogen and oxygen atoms in total. The van der Waals surface area contributed by atoms with Gasteiger partial charge in [0.25, 0.3) is 0 Å². The molecule has 0 spiro atoms. The largest absolute Gasteiger partial charge is 0.377 e. The normalized spacial score (nSPS) is 25.0. The average molecular weight is 855 g/mol. The van der Waals surface area contributed by atoms with Crippen LogP contribution >= 0.6 is 22.6 Å². The summed E-state index contributed by atoms with van der Waals surface area (Å²) in [7, 11) is 0. The number of benzene rings is 4. The number of amides is 2. The standard InChI is InChI=1S/C23H25NO3.C14H15NO2.C9H11IO/c1-2-19-20(13-14-26-15-17-9-5-3-6-10-17)22(25)24-21(19)16-27-23(24)18-11-7-4-8-12-18;1-2-10-8-13(16)15-12(10)9-17-14(15)11-6-4-3-5-7-11;10-6-7-11-8-9-4-2-1-3-5-9/h2-12,19-21,23H,1,13-16H2;2-7,10,12,14H,1,8-9H2;1-5H,6-8H2/t19-,20-,21+,23+;10-,12+,14+;/m11./s1. The van der Waals surface area contributed by atoms with Crippen molar-refractivity contribution >= 4 is 34.4 Å². The van der Waals surface area contributed by atoms with Crippen LogP contribution < -0.4 is 0 Å². The van der Waals surface area contributed by atoms with Gasteiger partial charge >= 0.3 is 0 Å². The molecule has 4 fully saturated rings. The molecule has 0 radical (unpaired) electrons. The maximum Gasteiger partial charge on any atom is 0.229 e. The van der Waals surface area contributed by atoms with Gasteiger partial charge in [0.15, 0.2) is 12.5 Å². The Morgan fingerprint density at radius 3 is 1.65 bits per heavy atom. The van der Waals surface area contributed by atoms with Gasteiger partial charge in [0.2, 0.25) is 11.8 Å². The maximum atomic E-state index is 13.1. The first-order chi connectivity index (χ1) is 27.0. The number of halogens is 1. The average Bonchev–Trinajstić information content (AvgIpc) is 4.01. The van der Waals surface area contributed by atoms with E-state index in [1.54, 1.807) is 0 Å². The summed E-state index contributed by atoms with van der Waals surface area (Å²) in [6, 6.07) is 40.4. The molecule has 7 atom stereocenters. The fraction of sp³-hybridized carbons (Fsp3) is 0.348. The number of hydrogen-bond donors (Lipinski definition) is 0. The number of nitrogens with zero attached hydrogens (tertiary/aromatic N) is 2. The molecule has 0 bridgehead atoms. The minimum atomic E-state index is -0.290. The smallest absolute Gasteiger partial charge is 0.229 e. The molecule has 0 aliphatic carbocycles. The summed E-state index contributed by atoms with van der Waals surface area (Å²) in [5.74, 6) is 0.576. The third kappa shape index (κ3) is 10.2. The Kier molecular flexibility index (Phi) is 15.2. The Labute approximate surface area is 339 Å². The lowest BCUT2D eigenvalue weighted by atomic mass is 9.88. The lowest BCUT2D eigenvalue weighted by molar-refractivity contribution is -0.138. The van der Waals surface area contributed by atoms with Gasteiger partial charge in [-0.2, -0.15) is 0 Å². The number of rotatable bonds is 13. The fourth-order valence-corrected chi connectivity index (χ4v) is 8.07. The molecule has 2 amide bonds. The van der Waals surface area contributed by atoms with E-state index in [1.807, 2.05) is 131 Å². The number of fused-ring (bicyclic) bond motifs is 2. The minimum absolute atomic E-state index is 0.0688. The van der Waals surface area contributed by atoms with Gasteiger partial charge < -0.3 is 28.7 Å². The lowest BCUT2D eigenvalue weighted by Gasteiger charge is -2.23. The zero-order valence-corrected chi connectivity index (χ0v) is 33.4. The molecule has 4 aromatic rings. The zero-order valence-electron chi connectivity index (χ0n) is 31.2. The van der Waals surface area contributed by atoms with E-state index in [0.29, 0.717) is 39.3 Å². The SMILES string of the molecule is C=C[C@@H]1CC(=O)N2[C@H](c3ccccc3)OC[C@@H]12.C=C[C@@H]1[C@@H](CCOCc2ccccc2)C(=O)N2[C@H](c3ccccc3)OC[C@@H]12.ICCOCc1ccccc1. The summed E-state index contributed by atoms with van der Waals surface area (Å²) in [6.07, 6.45) is 4.57. The van der Waals surface area contributed by atoms with Gasteiger partial charge in [-0.1, -0.05) is 156 Å². The van der Waals surface area contributed by atoms with E-state index in [4.69, 9.17) is 18.9 Å². The third-order valence-corrected chi connectivity index (χ3v) is 10.9. The number of carbonyl (C=O) groups is 2. The van der Waals surface area contributed by atoms with Crippen LogP contribution in [0.25, 0.3) is 0 Å². The van der Waals surface area contributed by atoms with Crippen LogP contribution in [0.1, 0.15) is 47.6 Å². The monoisotopic (exact) mass is 854 g/mol. The molecule has 4 heterocycles.